The molecule has 3 nitrogen and oxygen atoms in total. The number of nitrogens with one attached hydrogen (secondary N) is 1. The minimum absolute atomic E-state index is 0.215. The number of carbonyl (C=O) groups is 1. The highest BCUT2D eigenvalue weighted by molar-refractivity contribution is 6.34. The van der Waals surface area contributed by atoms with Gasteiger partial charge in [0, 0.05) is 6.08 Å². The lowest BCUT2D eigenvalue weighted by Crippen LogP contribution is -2.09. The van der Waals surface area contributed by atoms with Gasteiger partial charge in [-0.1, -0.05) is 29.8 Å². The molecule has 0 saturated heterocycles. The molecule has 0 heterocycles. The summed E-state index contributed by atoms with van der Waals surface area (Å²) < 4.78 is 5.38. The number of hydrogen-bond acceptors (Lipinski definition) is 2. The van der Waals surface area contributed by atoms with Crippen LogP contribution < -0.4 is 10.1 Å². The van der Waals surface area contributed by atoms with Crippen molar-refractivity contribution in [2.75, 3.05) is 11.9 Å². The zero-order valence-electron chi connectivity index (χ0n) is 13.5. The first kappa shape index (κ1) is 17.1. The monoisotopic (exact) mass is 329 g/mol. The summed E-state index contributed by atoms with van der Waals surface area (Å²) in [7, 11) is 0. The quantitative estimate of drug-likeness (QED) is 0.783. The predicted molar refractivity (Wildman–Crippen MR) is 96.2 cm³/mol. The lowest BCUT2D eigenvalue weighted by Gasteiger charge is -2.10. The van der Waals surface area contributed by atoms with E-state index in [-0.39, 0.29) is 5.91 Å². The van der Waals surface area contributed by atoms with Crippen LogP contribution in [0.4, 0.5) is 5.69 Å². The number of anilines is 1. The Morgan fingerprint density at radius 3 is 2.52 bits per heavy atom. The van der Waals surface area contributed by atoms with Crippen molar-refractivity contribution in [1.29, 1.82) is 0 Å². The van der Waals surface area contributed by atoms with Crippen molar-refractivity contribution in [3.63, 3.8) is 0 Å². The fraction of sp³-hybridized carbons (Fsp3) is 0.211. The molecule has 0 atom stereocenters. The normalized spacial score (nSPS) is 10.8. The van der Waals surface area contributed by atoms with E-state index < -0.39 is 0 Å². The van der Waals surface area contributed by atoms with E-state index in [1.165, 1.54) is 6.08 Å². The lowest BCUT2D eigenvalue weighted by atomic mass is 10.1. The number of halogens is 1. The van der Waals surface area contributed by atoms with Gasteiger partial charge in [0.05, 0.1) is 17.3 Å². The molecule has 2 aromatic carbocycles. The van der Waals surface area contributed by atoms with Crippen LogP contribution in [0.5, 0.6) is 5.75 Å². The summed E-state index contributed by atoms with van der Waals surface area (Å²) in [6, 6.07) is 11.4. The molecule has 0 fully saturated rings. The average Bonchev–Trinajstić information content (AvgIpc) is 2.50. The number of benzene rings is 2. The zero-order valence-corrected chi connectivity index (χ0v) is 14.3. The molecule has 0 bridgehead atoms. The SMILES string of the molecule is CCOc1ccc(C=CC(=O)Nc2c(C)cc(C)cc2Cl)cc1. The van der Waals surface area contributed by atoms with Crippen molar-refractivity contribution < 1.29 is 9.53 Å². The highest BCUT2D eigenvalue weighted by atomic mass is 35.5. The van der Waals surface area contributed by atoms with Crippen LogP contribution in [0.15, 0.2) is 42.5 Å². The number of hydrogen-bond donors (Lipinski definition) is 1. The van der Waals surface area contributed by atoms with Gasteiger partial charge >= 0.3 is 0 Å². The Labute approximate surface area is 141 Å². The Hall–Kier alpha value is -2.26. The van der Waals surface area contributed by atoms with Crippen LogP contribution in [0, 0.1) is 13.8 Å². The van der Waals surface area contributed by atoms with Gasteiger partial charge in [-0.3, -0.25) is 4.79 Å². The van der Waals surface area contributed by atoms with Gasteiger partial charge in [-0.15, -0.1) is 0 Å². The summed E-state index contributed by atoms with van der Waals surface area (Å²) in [5, 5.41) is 3.37. The maximum atomic E-state index is 12.1. The molecule has 0 spiro atoms. The molecule has 0 aliphatic rings. The molecular formula is C19H20ClNO2. The number of amides is 1. The summed E-state index contributed by atoms with van der Waals surface area (Å²) in [5.41, 5.74) is 3.59. The maximum Gasteiger partial charge on any atom is 0.248 e. The molecule has 0 radical (unpaired) electrons. The van der Waals surface area contributed by atoms with Gasteiger partial charge in [0.25, 0.3) is 0 Å². The van der Waals surface area contributed by atoms with Gasteiger partial charge in [-0.25, -0.2) is 0 Å². The van der Waals surface area contributed by atoms with Crippen LogP contribution in [0.2, 0.25) is 5.02 Å². The lowest BCUT2D eigenvalue weighted by molar-refractivity contribution is -0.111. The summed E-state index contributed by atoms with van der Waals surface area (Å²) in [4.78, 5) is 12.1. The third-order valence-corrected chi connectivity index (χ3v) is 3.60. The van der Waals surface area contributed by atoms with E-state index in [1.807, 2.05) is 57.2 Å². The van der Waals surface area contributed by atoms with E-state index in [4.69, 9.17) is 16.3 Å². The number of aryl methyl sites for hydroxylation is 2. The summed E-state index contributed by atoms with van der Waals surface area (Å²) in [6.07, 6.45) is 3.24. The highest BCUT2D eigenvalue weighted by Crippen LogP contribution is 2.27. The molecule has 2 rings (SSSR count). The third kappa shape index (κ3) is 4.86. The van der Waals surface area contributed by atoms with Crippen molar-refractivity contribution >= 4 is 29.3 Å². The van der Waals surface area contributed by atoms with Crippen molar-refractivity contribution in [3.8, 4) is 5.75 Å². The van der Waals surface area contributed by atoms with E-state index in [0.29, 0.717) is 17.3 Å². The van der Waals surface area contributed by atoms with Gasteiger partial charge < -0.3 is 10.1 Å². The number of ether oxygens (including phenoxy) is 1. The first-order valence-electron chi connectivity index (χ1n) is 7.48. The molecule has 0 aromatic heterocycles. The minimum Gasteiger partial charge on any atom is -0.494 e. The summed E-state index contributed by atoms with van der Waals surface area (Å²) >= 11 is 6.19. The Bertz CT molecular complexity index is 698. The molecule has 0 unspecified atom stereocenters. The molecule has 1 N–H and O–H groups in total. The molecule has 1 amide bonds. The fourth-order valence-corrected chi connectivity index (χ4v) is 2.62. The van der Waals surface area contributed by atoms with Crippen molar-refractivity contribution in [2.45, 2.75) is 20.8 Å². The van der Waals surface area contributed by atoms with Crippen LogP contribution in [0.1, 0.15) is 23.6 Å². The molecule has 0 saturated carbocycles. The number of carbonyl (C=O) groups excluding carboxylic acids is 1. The van der Waals surface area contributed by atoms with E-state index in [0.717, 1.165) is 22.4 Å². The van der Waals surface area contributed by atoms with Crippen molar-refractivity contribution in [2.24, 2.45) is 0 Å². The minimum atomic E-state index is -0.215. The Morgan fingerprint density at radius 1 is 1.22 bits per heavy atom. The largest absolute Gasteiger partial charge is 0.494 e. The standard InChI is InChI=1S/C19H20ClNO2/c1-4-23-16-8-5-15(6-9-16)7-10-18(22)21-19-14(3)11-13(2)12-17(19)20/h5-12H,4H2,1-3H3,(H,21,22). The molecule has 120 valence electrons. The van der Waals surface area contributed by atoms with Crippen LogP contribution >= 0.6 is 11.6 Å². The topological polar surface area (TPSA) is 38.3 Å². The molecule has 0 aliphatic carbocycles. The van der Waals surface area contributed by atoms with Crippen LogP contribution in [-0.4, -0.2) is 12.5 Å². The van der Waals surface area contributed by atoms with Gasteiger partial charge in [0.1, 0.15) is 5.75 Å². The molecule has 0 aliphatic heterocycles. The third-order valence-electron chi connectivity index (χ3n) is 3.30. The molecule has 2 aromatic rings. The Balaban J connectivity index is 2.04. The van der Waals surface area contributed by atoms with E-state index in [1.54, 1.807) is 6.08 Å². The predicted octanol–water partition coefficient (Wildman–Crippen LogP) is 5.01. The first-order valence-corrected chi connectivity index (χ1v) is 7.86. The van der Waals surface area contributed by atoms with Crippen LogP contribution in [0.3, 0.4) is 0 Å². The molecule has 23 heavy (non-hydrogen) atoms. The fourth-order valence-electron chi connectivity index (χ4n) is 2.25. The first-order chi connectivity index (χ1) is 11.0. The van der Waals surface area contributed by atoms with Gasteiger partial charge in [-0.05, 0) is 61.7 Å². The maximum absolute atomic E-state index is 12.1. The van der Waals surface area contributed by atoms with E-state index in [2.05, 4.69) is 5.32 Å². The Kier molecular flexibility index (Phi) is 5.83. The molecular weight excluding hydrogens is 310 g/mol. The smallest absolute Gasteiger partial charge is 0.248 e. The Morgan fingerprint density at radius 2 is 1.91 bits per heavy atom. The van der Waals surface area contributed by atoms with Gasteiger partial charge in [0.2, 0.25) is 5.91 Å². The summed E-state index contributed by atoms with van der Waals surface area (Å²) in [6.45, 7) is 6.46. The number of rotatable bonds is 5. The second-order valence-corrected chi connectivity index (χ2v) is 5.67. The second-order valence-electron chi connectivity index (χ2n) is 5.26. The van der Waals surface area contributed by atoms with Gasteiger partial charge in [0.15, 0.2) is 0 Å². The molecule has 4 heteroatoms. The van der Waals surface area contributed by atoms with Crippen LogP contribution in [0.25, 0.3) is 6.08 Å². The second kappa shape index (κ2) is 7.84. The average molecular weight is 330 g/mol. The van der Waals surface area contributed by atoms with E-state index in [9.17, 15) is 4.79 Å². The zero-order chi connectivity index (χ0) is 16.8. The van der Waals surface area contributed by atoms with Crippen molar-refractivity contribution in [1.82, 2.24) is 0 Å². The van der Waals surface area contributed by atoms with Crippen LogP contribution in [-0.2, 0) is 4.79 Å². The van der Waals surface area contributed by atoms with E-state index >= 15 is 0 Å². The summed E-state index contributed by atoms with van der Waals surface area (Å²) in [5.74, 6) is 0.601. The highest BCUT2D eigenvalue weighted by Gasteiger charge is 2.07. The van der Waals surface area contributed by atoms with Crippen molar-refractivity contribution in [3.05, 3.63) is 64.2 Å². The van der Waals surface area contributed by atoms with Gasteiger partial charge in [-0.2, -0.15) is 0 Å².